The van der Waals surface area contributed by atoms with Crippen LogP contribution in [0, 0.1) is 0 Å². The molecule has 0 saturated carbocycles. The van der Waals surface area contributed by atoms with E-state index >= 15 is 0 Å². The molecular weight excluding hydrogens is 174 g/mol. The van der Waals surface area contributed by atoms with Crippen LogP contribution >= 0.6 is 0 Å². The van der Waals surface area contributed by atoms with Crippen LogP contribution in [0.15, 0.2) is 0 Å². The quantitative estimate of drug-likeness (QED) is 0.549. The molecule has 86 valence electrons. The van der Waals surface area contributed by atoms with Gasteiger partial charge in [-0.25, -0.2) is 0 Å². The second-order valence-corrected chi connectivity index (χ2v) is 3.74. The standard InChI is InChI=1S/C12H27NO/c1-4-7-9-12(13-5-2)10-8-11-14-6-3/h12-13H,4-11H2,1-3H3. The summed E-state index contributed by atoms with van der Waals surface area (Å²) in [6.45, 7) is 9.35. The molecule has 2 nitrogen and oxygen atoms in total. The second kappa shape index (κ2) is 11.0. The molecule has 1 N–H and O–H groups in total. The van der Waals surface area contributed by atoms with E-state index in [4.69, 9.17) is 4.74 Å². The van der Waals surface area contributed by atoms with Crippen molar-refractivity contribution in [2.75, 3.05) is 19.8 Å². The molecular formula is C12H27NO. The number of unbranched alkanes of at least 4 members (excludes halogenated alkanes) is 1. The largest absolute Gasteiger partial charge is 0.382 e. The van der Waals surface area contributed by atoms with Gasteiger partial charge in [-0.1, -0.05) is 26.7 Å². The summed E-state index contributed by atoms with van der Waals surface area (Å²) in [7, 11) is 0. The average molecular weight is 201 g/mol. The van der Waals surface area contributed by atoms with Crippen molar-refractivity contribution >= 4 is 0 Å². The molecule has 0 aromatic heterocycles. The molecule has 2 heteroatoms. The minimum absolute atomic E-state index is 0.709. The SMILES string of the molecule is CCCCC(CCCOCC)NCC. The Morgan fingerprint density at radius 3 is 2.36 bits per heavy atom. The zero-order valence-corrected chi connectivity index (χ0v) is 10.1. The van der Waals surface area contributed by atoms with Crippen LogP contribution in [0.5, 0.6) is 0 Å². The van der Waals surface area contributed by atoms with E-state index in [1.807, 2.05) is 0 Å². The lowest BCUT2D eigenvalue weighted by molar-refractivity contribution is 0.140. The van der Waals surface area contributed by atoms with E-state index in [2.05, 4.69) is 26.1 Å². The third-order valence-corrected chi connectivity index (χ3v) is 2.44. The zero-order chi connectivity index (χ0) is 10.6. The molecule has 0 aliphatic rings. The number of nitrogens with one attached hydrogen (secondary N) is 1. The van der Waals surface area contributed by atoms with Crippen LogP contribution in [0.2, 0.25) is 0 Å². The van der Waals surface area contributed by atoms with E-state index in [0.717, 1.165) is 19.8 Å². The molecule has 0 aliphatic carbocycles. The Morgan fingerprint density at radius 2 is 1.79 bits per heavy atom. The highest BCUT2D eigenvalue weighted by Gasteiger charge is 2.05. The van der Waals surface area contributed by atoms with Crippen LogP contribution in [0.4, 0.5) is 0 Å². The van der Waals surface area contributed by atoms with Gasteiger partial charge in [0.25, 0.3) is 0 Å². The monoisotopic (exact) mass is 201 g/mol. The molecule has 0 aliphatic heterocycles. The molecule has 0 spiro atoms. The van der Waals surface area contributed by atoms with E-state index < -0.39 is 0 Å². The minimum Gasteiger partial charge on any atom is -0.382 e. The van der Waals surface area contributed by atoms with Gasteiger partial charge in [-0.05, 0) is 32.7 Å². The summed E-state index contributed by atoms with van der Waals surface area (Å²) < 4.78 is 5.34. The number of hydrogen-bond acceptors (Lipinski definition) is 2. The van der Waals surface area contributed by atoms with Gasteiger partial charge in [0.15, 0.2) is 0 Å². The maximum Gasteiger partial charge on any atom is 0.0466 e. The van der Waals surface area contributed by atoms with Crippen LogP contribution in [-0.2, 0) is 4.74 Å². The fourth-order valence-electron chi connectivity index (χ4n) is 1.66. The normalized spacial score (nSPS) is 13.1. The predicted molar refractivity (Wildman–Crippen MR) is 62.7 cm³/mol. The molecule has 0 rings (SSSR count). The molecule has 0 amide bonds. The zero-order valence-electron chi connectivity index (χ0n) is 10.1. The summed E-state index contributed by atoms with van der Waals surface area (Å²) in [6, 6.07) is 0.709. The van der Waals surface area contributed by atoms with Gasteiger partial charge in [-0.2, -0.15) is 0 Å². The van der Waals surface area contributed by atoms with Crippen molar-refractivity contribution < 1.29 is 4.74 Å². The third kappa shape index (κ3) is 8.52. The van der Waals surface area contributed by atoms with Gasteiger partial charge in [-0.15, -0.1) is 0 Å². The minimum atomic E-state index is 0.709. The molecule has 0 radical (unpaired) electrons. The van der Waals surface area contributed by atoms with Crippen LogP contribution in [-0.4, -0.2) is 25.8 Å². The van der Waals surface area contributed by atoms with Gasteiger partial charge in [0.05, 0.1) is 0 Å². The molecule has 0 saturated heterocycles. The summed E-state index contributed by atoms with van der Waals surface area (Å²) in [5.41, 5.74) is 0. The van der Waals surface area contributed by atoms with E-state index in [1.54, 1.807) is 0 Å². The van der Waals surface area contributed by atoms with Crippen LogP contribution in [0.3, 0.4) is 0 Å². The van der Waals surface area contributed by atoms with Crippen LogP contribution in [0.25, 0.3) is 0 Å². The van der Waals surface area contributed by atoms with Crippen molar-refractivity contribution in [3.63, 3.8) is 0 Å². The summed E-state index contributed by atoms with van der Waals surface area (Å²) >= 11 is 0. The first kappa shape index (κ1) is 13.9. The summed E-state index contributed by atoms with van der Waals surface area (Å²) in [4.78, 5) is 0. The summed E-state index contributed by atoms with van der Waals surface area (Å²) in [5.74, 6) is 0. The average Bonchev–Trinajstić information content (AvgIpc) is 2.20. The maximum atomic E-state index is 5.34. The van der Waals surface area contributed by atoms with Gasteiger partial charge in [0.1, 0.15) is 0 Å². The van der Waals surface area contributed by atoms with Crippen molar-refractivity contribution in [3.8, 4) is 0 Å². The van der Waals surface area contributed by atoms with E-state index in [1.165, 1.54) is 32.1 Å². The van der Waals surface area contributed by atoms with Gasteiger partial charge < -0.3 is 10.1 Å². The lowest BCUT2D eigenvalue weighted by Crippen LogP contribution is -2.29. The lowest BCUT2D eigenvalue weighted by Gasteiger charge is -2.17. The first-order valence-electron chi connectivity index (χ1n) is 6.16. The van der Waals surface area contributed by atoms with Crippen molar-refractivity contribution in [2.24, 2.45) is 0 Å². The highest BCUT2D eigenvalue weighted by atomic mass is 16.5. The van der Waals surface area contributed by atoms with Crippen LogP contribution in [0.1, 0.15) is 52.9 Å². The van der Waals surface area contributed by atoms with Crippen molar-refractivity contribution in [2.45, 2.75) is 58.9 Å². The molecule has 0 aromatic carbocycles. The number of rotatable bonds is 10. The molecule has 0 bridgehead atoms. The molecule has 0 fully saturated rings. The fraction of sp³-hybridized carbons (Fsp3) is 1.00. The summed E-state index contributed by atoms with van der Waals surface area (Å²) in [6.07, 6.45) is 6.40. The van der Waals surface area contributed by atoms with Gasteiger partial charge in [-0.3, -0.25) is 0 Å². The van der Waals surface area contributed by atoms with E-state index in [-0.39, 0.29) is 0 Å². The molecule has 0 aromatic rings. The Balaban J connectivity index is 3.40. The molecule has 1 atom stereocenters. The first-order valence-corrected chi connectivity index (χ1v) is 6.16. The molecule has 14 heavy (non-hydrogen) atoms. The van der Waals surface area contributed by atoms with E-state index in [0.29, 0.717) is 6.04 Å². The van der Waals surface area contributed by atoms with Crippen molar-refractivity contribution in [1.82, 2.24) is 5.32 Å². The number of ether oxygens (including phenoxy) is 1. The van der Waals surface area contributed by atoms with Gasteiger partial charge in [0, 0.05) is 19.3 Å². The van der Waals surface area contributed by atoms with Gasteiger partial charge in [0.2, 0.25) is 0 Å². The van der Waals surface area contributed by atoms with E-state index in [9.17, 15) is 0 Å². The Bertz CT molecular complexity index is 106. The maximum absolute atomic E-state index is 5.34. The third-order valence-electron chi connectivity index (χ3n) is 2.44. The highest BCUT2D eigenvalue weighted by Crippen LogP contribution is 2.06. The topological polar surface area (TPSA) is 21.3 Å². The molecule has 1 unspecified atom stereocenters. The fourth-order valence-corrected chi connectivity index (χ4v) is 1.66. The first-order chi connectivity index (χ1) is 6.85. The Kier molecular flexibility index (Phi) is 10.9. The predicted octanol–water partition coefficient (Wildman–Crippen LogP) is 2.97. The Hall–Kier alpha value is -0.0800. The van der Waals surface area contributed by atoms with Crippen molar-refractivity contribution in [3.05, 3.63) is 0 Å². The van der Waals surface area contributed by atoms with Crippen molar-refractivity contribution in [1.29, 1.82) is 0 Å². The smallest absolute Gasteiger partial charge is 0.0466 e. The van der Waals surface area contributed by atoms with Gasteiger partial charge >= 0.3 is 0 Å². The Labute approximate surface area is 89.4 Å². The second-order valence-electron chi connectivity index (χ2n) is 3.74. The Morgan fingerprint density at radius 1 is 1.07 bits per heavy atom. The summed E-state index contributed by atoms with van der Waals surface area (Å²) in [5, 5.41) is 3.54. The molecule has 0 heterocycles. The highest BCUT2D eigenvalue weighted by molar-refractivity contribution is 4.65. The lowest BCUT2D eigenvalue weighted by atomic mass is 10.1. The van der Waals surface area contributed by atoms with Crippen LogP contribution < -0.4 is 5.32 Å². The number of hydrogen-bond donors (Lipinski definition) is 1.